The molecule has 0 aromatic rings. The molecule has 14 heavy (non-hydrogen) atoms. The number of aliphatic hydroxyl groups excluding tert-OH is 1. The molecular weight excluding hydrogens is 188 g/mol. The average Bonchev–Trinajstić information content (AvgIpc) is 2.16. The van der Waals surface area contributed by atoms with E-state index in [4.69, 9.17) is 10.4 Å². The third-order valence-corrected chi connectivity index (χ3v) is 2.88. The van der Waals surface area contributed by atoms with Crippen LogP contribution >= 0.6 is 0 Å². The molecule has 2 nitrogen and oxygen atoms in total. The molecule has 1 rings (SSSR count). The molecular formula is C10H15F2NO. The van der Waals surface area contributed by atoms with Gasteiger partial charge in [-0.2, -0.15) is 5.26 Å². The first-order valence-electron chi connectivity index (χ1n) is 4.98. The molecule has 1 saturated carbocycles. The first-order valence-corrected chi connectivity index (χ1v) is 4.98. The molecule has 1 aliphatic rings. The van der Waals surface area contributed by atoms with Gasteiger partial charge in [0, 0.05) is 12.3 Å². The Morgan fingerprint density at radius 3 is 2.71 bits per heavy atom. The van der Waals surface area contributed by atoms with Crippen molar-refractivity contribution in [3.8, 4) is 6.07 Å². The molecule has 0 aromatic carbocycles. The van der Waals surface area contributed by atoms with Gasteiger partial charge in [0.05, 0.1) is 18.6 Å². The largest absolute Gasteiger partial charge is 0.395 e. The molecule has 1 aliphatic carbocycles. The van der Waals surface area contributed by atoms with E-state index in [0.29, 0.717) is 12.8 Å². The van der Waals surface area contributed by atoms with E-state index in [1.165, 1.54) is 0 Å². The van der Waals surface area contributed by atoms with Crippen LogP contribution in [0.5, 0.6) is 0 Å². The number of alkyl halides is 2. The van der Waals surface area contributed by atoms with Gasteiger partial charge >= 0.3 is 0 Å². The van der Waals surface area contributed by atoms with Crippen LogP contribution < -0.4 is 0 Å². The number of nitrogens with zero attached hydrogens (tertiary/aromatic N) is 1. The van der Waals surface area contributed by atoms with Crippen molar-refractivity contribution in [1.82, 2.24) is 0 Å². The van der Waals surface area contributed by atoms with Crippen LogP contribution in [-0.2, 0) is 0 Å². The maximum Gasteiger partial charge on any atom is 0.250 e. The van der Waals surface area contributed by atoms with Gasteiger partial charge in [-0.25, -0.2) is 8.78 Å². The molecule has 0 aliphatic heterocycles. The fourth-order valence-electron chi connectivity index (χ4n) is 1.97. The summed E-state index contributed by atoms with van der Waals surface area (Å²) in [5.74, 6) is -3.99. The SMILES string of the molecule is N#CC(CO)CC1CCCCC1(F)F. The monoisotopic (exact) mass is 203 g/mol. The summed E-state index contributed by atoms with van der Waals surface area (Å²) in [5, 5.41) is 17.3. The molecule has 1 fully saturated rings. The number of aliphatic hydroxyl groups is 1. The molecule has 0 spiro atoms. The Hall–Kier alpha value is -0.690. The third-order valence-electron chi connectivity index (χ3n) is 2.88. The van der Waals surface area contributed by atoms with Crippen LogP contribution in [0.3, 0.4) is 0 Å². The van der Waals surface area contributed by atoms with Crippen LogP contribution in [0.2, 0.25) is 0 Å². The van der Waals surface area contributed by atoms with Crippen LogP contribution in [0, 0.1) is 23.2 Å². The van der Waals surface area contributed by atoms with E-state index in [1.54, 1.807) is 0 Å². The Morgan fingerprint density at radius 1 is 1.50 bits per heavy atom. The van der Waals surface area contributed by atoms with Gasteiger partial charge in [0.1, 0.15) is 0 Å². The molecule has 0 saturated heterocycles. The Balaban J connectivity index is 2.53. The minimum absolute atomic E-state index is 0.0682. The molecule has 4 heteroatoms. The Labute approximate surface area is 82.5 Å². The molecule has 80 valence electrons. The zero-order chi connectivity index (χ0) is 10.6. The summed E-state index contributed by atoms with van der Waals surface area (Å²) in [5.41, 5.74) is 0. The lowest BCUT2D eigenvalue weighted by atomic mass is 9.80. The van der Waals surface area contributed by atoms with E-state index in [2.05, 4.69) is 0 Å². The van der Waals surface area contributed by atoms with Gasteiger partial charge < -0.3 is 5.11 Å². The molecule has 0 aromatic heterocycles. The lowest BCUT2D eigenvalue weighted by Gasteiger charge is -2.32. The smallest absolute Gasteiger partial charge is 0.250 e. The van der Waals surface area contributed by atoms with Gasteiger partial charge in [0.2, 0.25) is 0 Å². The first kappa shape index (κ1) is 11.4. The Bertz CT molecular complexity index is 225. The molecule has 0 heterocycles. The molecule has 0 radical (unpaired) electrons. The minimum atomic E-state index is -2.64. The van der Waals surface area contributed by atoms with Crippen molar-refractivity contribution < 1.29 is 13.9 Å². The third kappa shape index (κ3) is 2.65. The minimum Gasteiger partial charge on any atom is -0.395 e. The Kier molecular flexibility index (Phi) is 3.82. The normalized spacial score (nSPS) is 28.0. The maximum absolute atomic E-state index is 13.3. The summed E-state index contributed by atoms with van der Waals surface area (Å²) in [6, 6.07) is 1.85. The van der Waals surface area contributed by atoms with Gasteiger partial charge in [0.25, 0.3) is 5.92 Å². The van der Waals surface area contributed by atoms with Crippen molar-refractivity contribution in [2.75, 3.05) is 6.61 Å². The van der Waals surface area contributed by atoms with Crippen molar-refractivity contribution in [2.45, 2.75) is 38.0 Å². The van der Waals surface area contributed by atoms with E-state index in [-0.39, 0.29) is 19.4 Å². The predicted molar refractivity (Wildman–Crippen MR) is 47.7 cm³/mol. The van der Waals surface area contributed by atoms with Crippen LogP contribution in [0.15, 0.2) is 0 Å². The van der Waals surface area contributed by atoms with Crippen LogP contribution in [0.4, 0.5) is 8.78 Å². The van der Waals surface area contributed by atoms with Gasteiger partial charge in [-0.05, 0) is 19.3 Å². The summed E-state index contributed by atoms with van der Waals surface area (Å²) < 4.78 is 26.6. The van der Waals surface area contributed by atoms with Crippen LogP contribution in [-0.4, -0.2) is 17.6 Å². The van der Waals surface area contributed by atoms with Crippen molar-refractivity contribution in [3.05, 3.63) is 0 Å². The number of nitriles is 1. The fourth-order valence-corrected chi connectivity index (χ4v) is 1.97. The van der Waals surface area contributed by atoms with Crippen molar-refractivity contribution in [1.29, 1.82) is 5.26 Å². The maximum atomic E-state index is 13.3. The lowest BCUT2D eigenvalue weighted by molar-refractivity contribution is -0.0922. The summed E-state index contributed by atoms with van der Waals surface area (Å²) in [6.07, 6.45) is 1.91. The van der Waals surface area contributed by atoms with Gasteiger partial charge in [-0.15, -0.1) is 0 Å². The summed E-state index contributed by atoms with van der Waals surface area (Å²) in [4.78, 5) is 0. The number of halogens is 2. The van der Waals surface area contributed by atoms with Gasteiger partial charge in [0.15, 0.2) is 0 Å². The van der Waals surface area contributed by atoms with E-state index in [1.807, 2.05) is 6.07 Å². The van der Waals surface area contributed by atoms with Gasteiger partial charge in [-0.3, -0.25) is 0 Å². The second-order valence-corrected chi connectivity index (χ2v) is 3.95. The highest BCUT2D eigenvalue weighted by Crippen LogP contribution is 2.41. The first-order chi connectivity index (χ1) is 6.60. The summed E-state index contributed by atoms with van der Waals surface area (Å²) in [6.45, 7) is -0.316. The topological polar surface area (TPSA) is 44.0 Å². The molecule has 0 bridgehead atoms. The fraction of sp³-hybridized carbons (Fsp3) is 0.900. The average molecular weight is 203 g/mol. The highest BCUT2D eigenvalue weighted by Gasteiger charge is 2.41. The second kappa shape index (κ2) is 4.70. The van der Waals surface area contributed by atoms with Crippen molar-refractivity contribution in [3.63, 3.8) is 0 Å². The standard InChI is InChI=1S/C10H15F2NO/c11-10(12)4-2-1-3-9(10)5-8(6-13)7-14/h8-9,14H,1-5,7H2. The van der Waals surface area contributed by atoms with Crippen molar-refractivity contribution >= 4 is 0 Å². The molecule has 1 N–H and O–H groups in total. The van der Waals surface area contributed by atoms with E-state index in [0.717, 1.165) is 6.42 Å². The highest BCUT2D eigenvalue weighted by atomic mass is 19.3. The number of rotatable bonds is 3. The predicted octanol–water partition coefficient (Wildman–Crippen LogP) is 2.33. The number of hydrogen-bond acceptors (Lipinski definition) is 2. The van der Waals surface area contributed by atoms with Crippen LogP contribution in [0.1, 0.15) is 32.1 Å². The molecule has 2 atom stereocenters. The molecule has 2 unspecified atom stereocenters. The summed E-state index contributed by atoms with van der Waals surface area (Å²) >= 11 is 0. The van der Waals surface area contributed by atoms with Crippen molar-refractivity contribution in [2.24, 2.45) is 11.8 Å². The summed E-state index contributed by atoms with van der Waals surface area (Å²) in [7, 11) is 0. The Morgan fingerprint density at radius 2 is 2.21 bits per heavy atom. The zero-order valence-corrected chi connectivity index (χ0v) is 8.05. The van der Waals surface area contributed by atoms with Gasteiger partial charge in [-0.1, -0.05) is 6.42 Å². The molecule has 0 amide bonds. The quantitative estimate of drug-likeness (QED) is 0.765. The van der Waals surface area contributed by atoms with E-state index >= 15 is 0 Å². The zero-order valence-electron chi connectivity index (χ0n) is 8.05. The lowest BCUT2D eigenvalue weighted by Crippen LogP contribution is -2.33. The second-order valence-electron chi connectivity index (χ2n) is 3.95. The van der Waals surface area contributed by atoms with Crippen LogP contribution in [0.25, 0.3) is 0 Å². The number of hydrogen-bond donors (Lipinski definition) is 1. The van der Waals surface area contributed by atoms with E-state index in [9.17, 15) is 8.78 Å². The highest BCUT2D eigenvalue weighted by molar-refractivity contribution is 4.89. The van der Waals surface area contributed by atoms with E-state index < -0.39 is 17.8 Å².